The summed E-state index contributed by atoms with van der Waals surface area (Å²) in [5, 5.41) is 6.94. The average molecular weight is 419 g/mol. The van der Waals surface area contributed by atoms with Crippen LogP contribution in [0.2, 0.25) is 0 Å². The summed E-state index contributed by atoms with van der Waals surface area (Å²) in [5.41, 5.74) is 2.50. The second kappa shape index (κ2) is 7.69. The number of anilines is 1. The molecule has 2 bridgehead atoms. The standard InChI is InChI=1S/C23H26N6O2/c1-9-24-22(25-10-1)28-16-3-5-17(6-4-16)30-21-14-26-19-7-2-15(12-20(19)29-21)23-13-18(31-23)8-11-27-23/h1-2,7,9-10,12,14,16-18,27H,3-6,8,11,13H2,(H,24,25,28). The third kappa shape index (κ3) is 3.70. The van der Waals surface area contributed by atoms with E-state index in [1.54, 1.807) is 18.6 Å². The van der Waals surface area contributed by atoms with E-state index in [0.29, 0.717) is 24.0 Å². The second-order valence-electron chi connectivity index (χ2n) is 8.71. The van der Waals surface area contributed by atoms with Gasteiger partial charge in [-0.2, -0.15) is 0 Å². The highest BCUT2D eigenvalue weighted by molar-refractivity contribution is 5.75. The summed E-state index contributed by atoms with van der Waals surface area (Å²) in [6.45, 7) is 0.992. The molecular formula is C23H26N6O2. The fourth-order valence-corrected chi connectivity index (χ4v) is 4.95. The van der Waals surface area contributed by atoms with Crippen molar-refractivity contribution in [2.75, 3.05) is 11.9 Å². The normalized spacial score (nSPS) is 29.9. The monoisotopic (exact) mass is 418 g/mol. The van der Waals surface area contributed by atoms with Gasteiger partial charge in [-0.25, -0.2) is 19.9 Å². The fourth-order valence-electron chi connectivity index (χ4n) is 4.95. The highest BCUT2D eigenvalue weighted by Crippen LogP contribution is 2.44. The summed E-state index contributed by atoms with van der Waals surface area (Å²) in [6.07, 6.45) is 11.9. The molecule has 4 aliphatic rings. The van der Waals surface area contributed by atoms with Crippen molar-refractivity contribution in [3.63, 3.8) is 0 Å². The van der Waals surface area contributed by atoms with Crippen molar-refractivity contribution in [2.45, 2.75) is 62.5 Å². The SMILES string of the molecule is c1cnc(NC2CCC(Oc3cnc4ccc(C56CC(CCN5)O6)cc4n3)CC2)nc1. The predicted molar refractivity (Wildman–Crippen MR) is 116 cm³/mol. The number of nitrogens with zero attached hydrogens (tertiary/aromatic N) is 4. The first kappa shape index (κ1) is 18.9. The Bertz CT molecular complexity index is 1060. The first-order chi connectivity index (χ1) is 15.3. The summed E-state index contributed by atoms with van der Waals surface area (Å²) in [5.74, 6) is 1.28. The molecule has 8 heteroatoms. The van der Waals surface area contributed by atoms with Crippen LogP contribution in [-0.4, -0.2) is 44.7 Å². The van der Waals surface area contributed by atoms with Crippen molar-refractivity contribution in [1.82, 2.24) is 25.3 Å². The number of benzene rings is 1. The molecular weight excluding hydrogens is 392 g/mol. The third-order valence-electron chi connectivity index (χ3n) is 6.61. The van der Waals surface area contributed by atoms with Gasteiger partial charge in [0.25, 0.3) is 0 Å². The lowest BCUT2D eigenvalue weighted by molar-refractivity contribution is -0.256. The van der Waals surface area contributed by atoms with Crippen LogP contribution >= 0.6 is 0 Å². The molecule has 1 aliphatic carbocycles. The second-order valence-corrected chi connectivity index (χ2v) is 8.71. The summed E-state index contributed by atoms with van der Waals surface area (Å²) in [4.78, 5) is 17.8. The molecule has 0 amide bonds. The van der Waals surface area contributed by atoms with Crippen molar-refractivity contribution in [2.24, 2.45) is 0 Å². The topological polar surface area (TPSA) is 94.1 Å². The summed E-state index contributed by atoms with van der Waals surface area (Å²) in [6, 6.07) is 8.40. The van der Waals surface area contributed by atoms with Crippen LogP contribution in [0.5, 0.6) is 5.88 Å². The van der Waals surface area contributed by atoms with Crippen LogP contribution in [0, 0.1) is 0 Å². The Morgan fingerprint density at radius 2 is 1.87 bits per heavy atom. The Balaban J connectivity index is 1.11. The van der Waals surface area contributed by atoms with Crippen LogP contribution in [0.1, 0.15) is 44.1 Å². The molecule has 3 aromatic rings. The van der Waals surface area contributed by atoms with Gasteiger partial charge >= 0.3 is 0 Å². The number of fused-ring (bicyclic) bond motifs is 3. The van der Waals surface area contributed by atoms with Gasteiger partial charge in [0.2, 0.25) is 11.8 Å². The lowest BCUT2D eigenvalue weighted by atomic mass is 9.85. The zero-order valence-electron chi connectivity index (χ0n) is 17.3. The predicted octanol–water partition coefficient (Wildman–Crippen LogP) is 3.16. The summed E-state index contributed by atoms with van der Waals surface area (Å²) >= 11 is 0. The number of ether oxygens (including phenoxy) is 2. The average Bonchev–Trinajstić information content (AvgIpc) is 2.80. The molecule has 3 saturated heterocycles. The lowest BCUT2D eigenvalue weighted by Gasteiger charge is -2.53. The van der Waals surface area contributed by atoms with Crippen LogP contribution < -0.4 is 15.4 Å². The zero-order chi connectivity index (χ0) is 20.7. The van der Waals surface area contributed by atoms with E-state index >= 15 is 0 Å². The van der Waals surface area contributed by atoms with Crippen LogP contribution in [0.3, 0.4) is 0 Å². The lowest BCUT2D eigenvalue weighted by Crippen LogP contribution is -2.62. The van der Waals surface area contributed by atoms with E-state index in [-0.39, 0.29) is 11.8 Å². The Morgan fingerprint density at radius 1 is 1.03 bits per heavy atom. The van der Waals surface area contributed by atoms with Crippen molar-refractivity contribution < 1.29 is 9.47 Å². The number of hydrogen-bond acceptors (Lipinski definition) is 8. The van der Waals surface area contributed by atoms with Crippen LogP contribution in [0.4, 0.5) is 5.95 Å². The number of rotatable bonds is 5. The van der Waals surface area contributed by atoms with E-state index in [1.807, 2.05) is 12.1 Å². The molecule has 8 nitrogen and oxygen atoms in total. The van der Waals surface area contributed by atoms with Crippen LogP contribution in [-0.2, 0) is 10.5 Å². The molecule has 1 saturated carbocycles. The molecule has 0 spiro atoms. The van der Waals surface area contributed by atoms with E-state index in [9.17, 15) is 0 Å². The molecule has 2 unspecified atom stereocenters. The zero-order valence-corrected chi connectivity index (χ0v) is 17.3. The summed E-state index contributed by atoms with van der Waals surface area (Å²) in [7, 11) is 0. The maximum Gasteiger partial charge on any atom is 0.233 e. The molecule has 2 N–H and O–H groups in total. The highest BCUT2D eigenvalue weighted by atomic mass is 16.6. The van der Waals surface area contributed by atoms with Crippen LogP contribution in [0.15, 0.2) is 42.9 Å². The maximum absolute atomic E-state index is 6.20. The smallest absolute Gasteiger partial charge is 0.233 e. The molecule has 2 aromatic heterocycles. The molecule has 7 rings (SSSR count). The minimum atomic E-state index is -0.344. The minimum Gasteiger partial charge on any atom is -0.473 e. The first-order valence-electron chi connectivity index (χ1n) is 11.2. The van der Waals surface area contributed by atoms with Gasteiger partial charge in [-0.05, 0) is 50.3 Å². The van der Waals surface area contributed by atoms with Crippen LogP contribution in [0.25, 0.3) is 11.0 Å². The molecule has 1 aromatic carbocycles. The third-order valence-corrected chi connectivity index (χ3v) is 6.61. The van der Waals surface area contributed by atoms with E-state index in [4.69, 9.17) is 14.5 Å². The minimum absolute atomic E-state index is 0.152. The molecule has 160 valence electrons. The van der Waals surface area contributed by atoms with E-state index in [0.717, 1.165) is 61.7 Å². The largest absolute Gasteiger partial charge is 0.473 e. The van der Waals surface area contributed by atoms with Crippen molar-refractivity contribution >= 4 is 17.0 Å². The number of piperidine rings is 1. The van der Waals surface area contributed by atoms with Crippen molar-refractivity contribution in [1.29, 1.82) is 0 Å². The van der Waals surface area contributed by atoms with E-state index in [1.165, 1.54) is 0 Å². The van der Waals surface area contributed by atoms with E-state index < -0.39 is 0 Å². The maximum atomic E-state index is 6.20. The summed E-state index contributed by atoms with van der Waals surface area (Å²) < 4.78 is 12.3. The van der Waals surface area contributed by atoms with Gasteiger partial charge in [0.15, 0.2) is 0 Å². The quantitative estimate of drug-likeness (QED) is 0.653. The van der Waals surface area contributed by atoms with E-state index in [2.05, 4.69) is 37.7 Å². The Morgan fingerprint density at radius 3 is 2.65 bits per heavy atom. The van der Waals surface area contributed by atoms with Crippen molar-refractivity contribution in [3.8, 4) is 5.88 Å². The van der Waals surface area contributed by atoms with Gasteiger partial charge in [0.05, 0.1) is 23.3 Å². The van der Waals surface area contributed by atoms with Gasteiger partial charge in [0.1, 0.15) is 11.8 Å². The Hall–Kier alpha value is -2.84. The highest BCUT2D eigenvalue weighted by Gasteiger charge is 2.49. The van der Waals surface area contributed by atoms with Gasteiger partial charge in [-0.3, -0.25) is 5.32 Å². The molecule has 5 heterocycles. The fraction of sp³-hybridized carbons (Fsp3) is 0.478. The molecule has 4 fully saturated rings. The molecule has 3 aliphatic heterocycles. The molecule has 31 heavy (non-hydrogen) atoms. The molecule has 0 radical (unpaired) electrons. The Labute approximate surface area is 180 Å². The number of nitrogens with one attached hydrogen (secondary N) is 2. The first-order valence-corrected chi connectivity index (χ1v) is 11.2. The van der Waals surface area contributed by atoms with Gasteiger partial charge in [-0.15, -0.1) is 0 Å². The Kier molecular flexibility index (Phi) is 4.69. The molecule has 2 atom stereocenters. The van der Waals surface area contributed by atoms with Crippen molar-refractivity contribution in [3.05, 3.63) is 48.4 Å². The van der Waals surface area contributed by atoms with Gasteiger partial charge < -0.3 is 14.8 Å². The number of aromatic nitrogens is 4. The number of hydrogen-bond donors (Lipinski definition) is 2. The van der Waals surface area contributed by atoms with Gasteiger partial charge in [0, 0.05) is 37.0 Å². The van der Waals surface area contributed by atoms with Gasteiger partial charge in [-0.1, -0.05) is 6.07 Å².